The first-order valence-corrected chi connectivity index (χ1v) is 8.71. The second-order valence-electron chi connectivity index (χ2n) is 5.64. The van der Waals surface area contributed by atoms with Gasteiger partial charge < -0.3 is 5.73 Å². The Morgan fingerprint density at radius 3 is 2.35 bits per heavy atom. The van der Waals surface area contributed by atoms with E-state index < -0.39 is 10.0 Å². The highest BCUT2D eigenvalue weighted by molar-refractivity contribution is 7.89. The van der Waals surface area contributed by atoms with Crippen LogP contribution in [-0.4, -0.2) is 25.8 Å². The molecule has 0 bridgehead atoms. The molecule has 0 amide bonds. The Hall–Kier alpha value is -1.07. The zero-order chi connectivity index (χ0) is 14.8. The molecule has 0 aliphatic heterocycles. The Morgan fingerprint density at radius 2 is 1.75 bits per heavy atom. The lowest BCUT2D eigenvalue weighted by atomic mass is 10.1. The standard InChI is InChI=1S/C15H24N2O2S/c1-12-14(16)10-7-11-15(12)20(18,19)17(2)13-8-5-3-4-6-9-13/h7,10-11,13H,3-6,8-9,16H2,1-2H3. The van der Waals surface area contributed by atoms with Gasteiger partial charge in [-0.15, -0.1) is 0 Å². The molecule has 0 spiro atoms. The predicted molar refractivity (Wildman–Crippen MR) is 82.0 cm³/mol. The summed E-state index contributed by atoms with van der Waals surface area (Å²) in [5.74, 6) is 0. The maximum Gasteiger partial charge on any atom is 0.243 e. The van der Waals surface area contributed by atoms with Crippen molar-refractivity contribution in [3.63, 3.8) is 0 Å². The SMILES string of the molecule is Cc1c(N)cccc1S(=O)(=O)N(C)C1CCCCCC1. The minimum atomic E-state index is -3.45. The first-order chi connectivity index (χ1) is 9.44. The highest BCUT2D eigenvalue weighted by Gasteiger charge is 2.29. The Morgan fingerprint density at radius 1 is 1.15 bits per heavy atom. The highest BCUT2D eigenvalue weighted by atomic mass is 32.2. The van der Waals surface area contributed by atoms with Crippen LogP contribution in [0, 0.1) is 6.92 Å². The van der Waals surface area contributed by atoms with Crippen molar-refractivity contribution in [3.8, 4) is 0 Å². The van der Waals surface area contributed by atoms with E-state index in [1.807, 2.05) is 0 Å². The number of hydrogen-bond acceptors (Lipinski definition) is 3. The van der Waals surface area contributed by atoms with Crippen LogP contribution in [-0.2, 0) is 10.0 Å². The molecule has 0 unspecified atom stereocenters. The monoisotopic (exact) mass is 296 g/mol. The van der Waals surface area contributed by atoms with Crippen molar-refractivity contribution >= 4 is 15.7 Å². The third kappa shape index (κ3) is 2.99. The molecule has 1 fully saturated rings. The van der Waals surface area contributed by atoms with Crippen molar-refractivity contribution in [1.82, 2.24) is 4.31 Å². The van der Waals surface area contributed by atoms with E-state index in [9.17, 15) is 8.42 Å². The molecule has 2 rings (SSSR count). The van der Waals surface area contributed by atoms with Crippen LogP contribution >= 0.6 is 0 Å². The number of anilines is 1. The smallest absolute Gasteiger partial charge is 0.243 e. The van der Waals surface area contributed by atoms with E-state index in [1.165, 1.54) is 12.8 Å². The molecule has 0 radical (unpaired) electrons. The van der Waals surface area contributed by atoms with Crippen LogP contribution in [0.25, 0.3) is 0 Å². The average Bonchev–Trinajstić information content (AvgIpc) is 2.69. The summed E-state index contributed by atoms with van der Waals surface area (Å²) >= 11 is 0. The van der Waals surface area contributed by atoms with Gasteiger partial charge in [0.2, 0.25) is 10.0 Å². The summed E-state index contributed by atoms with van der Waals surface area (Å²) in [6.45, 7) is 1.77. The number of nitrogen functional groups attached to an aromatic ring is 1. The van der Waals surface area contributed by atoms with Crippen molar-refractivity contribution in [3.05, 3.63) is 23.8 Å². The molecular formula is C15H24N2O2S. The molecule has 0 saturated heterocycles. The number of hydrogen-bond donors (Lipinski definition) is 1. The quantitative estimate of drug-likeness (QED) is 0.689. The summed E-state index contributed by atoms with van der Waals surface area (Å²) < 4.78 is 27.1. The van der Waals surface area contributed by atoms with Crippen molar-refractivity contribution < 1.29 is 8.42 Å². The summed E-state index contributed by atoms with van der Waals surface area (Å²) in [5, 5.41) is 0. The summed E-state index contributed by atoms with van der Waals surface area (Å²) in [6, 6.07) is 5.20. The maximum absolute atomic E-state index is 12.8. The Kier molecular flexibility index (Phi) is 4.70. The maximum atomic E-state index is 12.8. The van der Waals surface area contributed by atoms with E-state index in [0.717, 1.165) is 25.7 Å². The van der Waals surface area contributed by atoms with Crippen LogP contribution in [0.2, 0.25) is 0 Å². The molecular weight excluding hydrogens is 272 g/mol. The number of nitrogens with zero attached hydrogens (tertiary/aromatic N) is 1. The minimum Gasteiger partial charge on any atom is -0.398 e. The summed E-state index contributed by atoms with van der Waals surface area (Å²) in [6.07, 6.45) is 6.55. The first kappa shape index (κ1) is 15.3. The molecule has 0 heterocycles. The number of benzene rings is 1. The third-order valence-electron chi connectivity index (χ3n) is 4.32. The van der Waals surface area contributed by atoms with Crippen LogP contribution in [0.5, 0.6) is 0 Å². The van der Waals surface area contributed by atoms with Gasteiger partial charge in [0.25, 0.3) is 0 Å². The van der Waals surface area contributed by atoms with E-state index in [0.29, 0.717) is 16.1 Å². The molecule has 20 heavy (non-hydrogen) atoms. The van der Waals surface area contributed by atoms with Gasteiger partial charge in [-0.25, -0.2) is 8.42 Å². The van der Waals surface area contributed by atoms with Crippen LogP contribution in [0.15, 0.2) is 23.1 Å². The van der Waals surface area contributed by atoms with E-state index in [1.54, 1.807) is 36.5 Å². The number of nitrogens with two attached hydrogens (primary N) is 1. The van der Waals surface area contributed by atoms with Crippen LogP contribution < -0.4 is 5.73 Å². The van der Waals surface area contributed by atoms with Gasteiger partial charge in [0.1, 0.15) is 0 Å². The minimum absolute atomic E-state index is 0.114. The van der Waals surface area contributed by atoms with Gasteiger partial charge in [0, 0.05) is 18.8 Å². The molecule has 1 aliphatic rings. The van der Waals surface area contributed by atoms with Gasteiger partial charge in [0.15, 0.2) is 0 Å². The molecule has 0 atom stereocenters. The van der Waals surface area contributed by atoms with Gasteiger partial charge in [0.05, 0.1) is 4.90 Å². The second-order valence-corrected chi connectivity index (χ2v) is 7.60. The van der Waals surface area contributed by atoms with Crippen molar-refractivity contribution in [2.24, 2.45) is 0 Å². The summed E-state index contributed by atoms with van der Waals surface area (Å²) in [7, 11) is -1.75. The fraction of sp³-hybridized carbons (Fsp3) is 0.600. The fourth-order valence-corrected chi connectivity index (χ4v) is 4.55. The molecule has 4 nitrogen and oxygen atoms in total. The van der Waals surface area contributed by atoms with Crippen molar-refractivity contribution in [2.75, 3.05) is 12.8 Å². The highest BCUT2D eigenvalue weighted by Crippen LogP contribution is 2.28. The predicted octanol–water partition coefficient (Wildman–Crippen LogP) is 2.92. The van der Waals surface area contributed by atoms with Crippen LogP contribution in [0.4, 0.5) is 5.69 Å². The largest absolute Gasteiger partial charge is 0.398 e. The molecule has 112 valence electrons. The fourth-order valence-electron chi connectivity index (χ4n) is 2.88. The van der Waals surface area contributed by atoms with Crippen LogP contribution in [0.1, 0.15) is 44.1 Å². The summed E-state index contributed by atoms with van der Waals surface area (Å²) in [4.78, 5) is 0.337. The lowest BCUT2D eigenvalue weighted by Crippen LogP contribution is -2.37. The van der Waals surface area contributed by atoms with Crippen LogP contribution in [0.3, 0.4) is 0 Å². The van der Waals surface area contributed by atoms with Gasteiger partial charge >= 0.3 is 0 Å². The Bertz CT molecular complexity index is 561. The van der Waals surface area contributed by atoms with Crippen molar-refractivity contribution in [1.29, 1.82) is 0 Å². The third-order valence-corrected chi connectivity index (χ3v) is 6.38. The lowest BCUT2D eigenvalue weighted by Gasteiger charge is -2.27. The number of rotatable bonds is 3. The molecule has 2 N–H and O–H groups in total. The normalized spacial score (nSPS) is 18.1. The first-order valence-electron chi connectivity index (χ1n) is 7.27. The van der Waals surface area contributed by atoms with E-state index in [-0.39, 0.29) is 6.04 Å². The molecule has 1 aromatic carbocycles. The second kappa shape index (κ2) is 6.14. The van der Waals surface area contributed by atoms with E-state index >= 15 is 0 Å². The molecule has 1 aliphatic carbocycles. The van der Waals surface area contributed by atoms with Crippen molar-refractivity contribution in [2.45, 2.75) is 56.4 Å². The van der Waals surface area contributed by atoms with Gasteiger partial charge in [-0.05, 0) is 37.5 Å². The van der Waals surface area contributed by atoms with Gasteiger partial charge in [-0.3, -0.25) is 0 Å². The lowest BCUT2D eigenvalue weighted by molar-refractivity contribution is 0.335. The van der Waals surface area contributed by atoms with Gasteiger partial charge in [-0.2, -0.15) is 4.31 Å². The van der Waals surface area contributed by atoms with E-state index in [4.69, 9.17) is 5.73 Å². The molecule has 1 saturated carbocycles. The van der Waals surface area contributed by atoms with E-state index in [2.05, 4.69) is 0 Å². The zero-order valence-electron chi connectivity index (χ0n) is 12.3. The number of sulfonamides is 1. The molecule has 0 aromatic heterocycles. The zero-order valence-corrected chi connectivity index (χ0v) is 13.1. The van der Waals surface area contributed by atoms with Gasteiger partial charge in [-0.1, -0.05) is 31.7 Å². The Labute approximate surface area is 122 Å². The molecule has 5 heteroatoms. The Balaban J connectivity index is 2.31. The topological polar surface area (TPSA) is 63.4 Å². The average molecular weight is 296 g/mol. The molecule has 1 aromatic rings. The summed E-state index contributed by atoms with van der Waals surface area (Å²) in [5.41, 5.74) is 7.01.